The van der Waals surface area contributed by atoms with E-state index in [2.05, 4.69) is 4.98 Å². The van der Waals surface area contributed by atoms with Gasteiger partial charge in [0.25, 0.3) is 5.56 Å². The average molecular weight is 608 g/mol. The number of aryl methyl sites for hydroxylation is 2. The monoisotopic (exact) mass is 607 g/mol. The molecule has 0 radical (unpaired) electrons. The standard InChI is InChI=1S/C32H33F2N3O5.C2H6/c1-20-14-24(27(34)16-33)15-21(2)29(20)37-19-35-30(28(31(37)38)32(39)42-5)36(17-22-6-10-25(40-3)11-7-22)18-23-8-12-26(41-4)13-9-23;1-2/h6-15,19,27H,16-18H2,1-5H3;1-2H3. The van der Waals surface area contributed by atoms with Gasteiger partial charge in [0.1, 0.15) is 24.5 Å². The van der Waals surface area contributed by atoms with Crippen molar-refractivity contribution in [2.45, 2.75) is 47.0 Å². The number of esters is 1. The van der Waals surface area contributed by atoms with Gasteiger partial charge in [0, 0.05) is 13.1 Å². The summed E-state index contributed by atoms with van der Waals surface area (Å²) in [5.41, 5.74) is 2.54. The first-order valence-corrected chi connectivity index (χ1v) is 14.2. The van der Waals surface area contributed by atoms with E-state index in [1.807, 2.05) is 67.3 Å². The fourth-order valence-electron chi connectivity index (χ4n) is 4.87. The number of ether oxygens (including phenoxy) is 3. The van der Waals surface area contributed by atoms with Gasteiger partial charge in [0.15, 0.2) is 17.6 Å². The summed E-state index contributed by atoms with van der Waals surface area (Å²) in [6.07, 6.45) is -0.431. The van der Waals surface area contributed by atoms with E-state index in [4.69, 9.17) is 14.2 Å². The van der Waals surface area contributed by atoms with Crippen molar-refractivity contribution in [3.8, 4) is 17.2 Å². The van der Waals surface area contributed by atoms with Crippen molar-refractivity contribution < 1.29 is 27.8 Å². The summed E-state index contributed by atoms with van der Waals surface area (Å²) in [4.78, 5) is 33.5. The topological polar surface area (TPSA) is 82.9 Å². The van der Waals surface area contributed by atoms with Crippen molar-refractivity contribution in [1.29, 1.82) is 0 Å². The minimum atomic E-state index is -1.77. The van der Waals surface area contributed by atoms with Crippen LogP contribution in [0.25, 0.3) is 5.69 Å². The number of rotatable bonds is 11. The molecular formula is C34H39F2N3O5. The minimum Gasteiger partial charge on any atom is -0.497 e. The molecule has 4 aromatic rings. The lowest BCUT2D eigenvalue weighted by molar-refractivity contribution is 0.0598. The Labute approximate surface area is 256 Å². The van der Waals surface area contributed by atoms with Crippen LogP contribution in [0.3, 0.4) is 0 Å². The molecule has 0 fully saturated rings. The maximum atomic E-state index is 14.1. The summed E-state index contributed by atoms with van der Waals surface area (Å²) in [7, 11) is 4.37. The Morgan fingerprint density at radius 3 is 1.77 bits per heavy atom. The summed E-state index contributed by atoms with van der Waals surface area (Å²) in [5, 5.41) is 0. The number of hydrogen-bond acceptors (Lipinski definition) is 7. The van der Waals surface area contributed by atoms with E-state index in [1.165, 1.54) is 30.1 Å². The van der Waals surface area contributed by atoms with Crippen LogP contribution in [0.5, 0.6) is 11.5 Å². The average Bonchev–Trinajstić information content (AvgIpc) is 3.05. The summed E-state index contributed by atoms with van der Waals surface area (Å²) in [6.45, 7) is 6.84. The maximum absolute atomic E-state index is 14.1. The van der Waals surface area contributed by atoms with E-state index in [9.17, 15) is 18.4 Å². The molecule has 0 aliphatic carbocycles. The highest BCUT2D eigenvalue weighted by molar-refractivity contribution is 5.94. The van der Waals surface area contributed by atoms with Gasteiger partial charge in [-0.25, -0.2) is 18.6 Å². The van der Waals surface area contributed by atoms with E-state index in [1.54, 1.807) is 28.1 Å². The Morgan fingerprint density at radius 2 is 1.36 bits per heavy atom. The zero-order chi connectivity index (χ0) is 32.4. The second-order valence-electron chi connectivity index (χ2n) is 9.79. The molecule has 0 saturated heterocycles. The van der Waals surface area contributed by atoms with Crippen LogP contribution in [0.4, 0.5) is 14.6 Å². The highest BCUT2D eigenvalue weighted by Gasteiger charge is 2.26. The Kier molecular flexibility index (Phi) is 12.0. The third-order valence-electron chi connectivity index (χ3n) is 6.96. The quantitative estimate of drug-likeness (QED) is 0.172. The van der Waals surface area contributed by atoms with Crippen LogP contribution in [0.15, 0.2) is 71.8 Å². The molecule has 44 heavy (non-hydrogen) atoms. The number of carbonyl (C=O) groups is 1. The lowest BCUT2D eigenvalue weighted by Crippen LogP contribution is -2.33. The fourth-order valence-corrected chi connectivity index (χ4v) is 4.87. The molecule has 0 amide bonds. The number of nitrogens with zero attached hydrogens (tertiary/aromatic N) is 3. The normalized spacial score (nSPS) is 11.2. The van der Waals surface area contributed by atoms with Crippen molar-refractivity contribution in [1.82, 2.24) is 9.55 Å². The van der Waals surface area contributed by atoms with Crippen molar-refractivity contribution >= 4 is 11.8 Å². The SMILES string of the molecule is CC.COC(=O)c1c(N(Cc2ccc(OC)cc2)Cc2ccc(OC)cc2)ncn(-c2c(C)cc(C(F)CF)cc2C)c1=O. The van der Waals surface area contributed by atoms with Crippen molar-refractivity contribution in [3.63, 3.8) is 0 Å². The van der Waals surface area contributed by atoms with Crippen molar-refractivity contribution in [2.24, 2.45) is 0 Å². The molecule has 0 N–H and O–H groups in total. The summed E-state index contributed by atoms with van der Waals surface area (Å²) in [5.74, 6) is 0.681. The molecule has 0 spiro atoms. The van der Waals surface area contributed by atoms with Crippen LogP contribution in [0, 0.1) is 13.8 Å². The predicted molar refractivity (Wildman–Crippen MR) is 168 cm³/mol. The number of anilines is 1. The third-order valence-corrected chi connectivity index (χ3v) is 6.96. The van der Waals surface area contributed by atoms with Crippen LogP contribution in [0.2, 0.25) is 0 Å². The molecular weight excluding hydrogens is 568 g/mol. The highest BCUT2D eigenvalue weighted by atomic mass is 19.2. The molecule has 1 atom stereocenters. The number of benzene rings is 3. The fraction of sp³-hybridized carbons (Fsp3) is 0.324. The second kappa shape index (κ2) is 15.7. The van der Waals surface area contributed by atoms with Crippen molar-refractivity contribution in [2.75, 3.05) is 32.9 Å². The van der Waals surface area contributed by atoms with Gasteiger partial charge in [0.2, 0.25) is 0 Å². The molecule has 1 aromatic heterocycles. The number of carbonyl (C=O) groups excluding carboxylic acids is 1. The summed E-state index contributed by atoms with van der Waals surface area (Å²) >= 11 is 0. The van der Waals surface area contributed by atoms with E-state index in [0.29, 0.717) is 41.4 Å². The molecule has 0 saturated carbocycles. The smallest absolute Gasteiger partial charge is 0.347 e. The van der Waals surface area contributed by atoms with Crippen LogP contribution in [-0.4, -0.2) is 43.5 Å². The van der Waals surface area contributed by atoms with E-state index < -0.39 is 24.4 Å². The van der Waals surface area contributed by atoms with Gasteiger partial charge < -0.3 is 19.1 Å². The highest BCUT2D eigenvalue weighted by Crippen LogP contribution is 2.28. The second-order valence-corrected chi connectivity index (χ2v) is 9.79. The zero-order valence-corrected chi connectivity index (χ0v) is 26.2. The molecule has 8 nitrogen and oxygen atoms in total. The maximum Gasteiger partial charge on any atom is 0.347 e. The first-order chi connectivity index (χ1) is 21.2. The predicted octanol–water partition coefficient (Wildman–Crippen LogP) is 6.87. The molecule has 4 rings (SSSR count). The van der Waals surface area contributed by atoms with Gasteiger partial charge in [0.05, 0.1) is 27.0 Å². The lowest BCUT2D eigenvalue weighted by Gasteiger charge is -2.26. The van der Waals surface area contributed by atoms with Gasteiger partial charge in [-0.05, 0) is 65.9 Å². The zero-order valence-electron chi connectivity index (χ0n) is 26.2. The van der Waals surface area contributed by atoms with Crippen LogP contribution >= 0.6 is 0 Å². The number of halogens is 2. The molecule has 0 aliphatic heterocycles. The lowest BCUT2D eigenvalue weighted by atomic mass is 10.0. The number of hydrogen-bond donors (Lipinski definition) is 0. The van der Waals surface area contributed by atoms with Gasteiger partial charge in [-0.1, -0.05) is 50.2 Å². The van der Waals surface area contributed by atoms with Crippen LogP contribution in [0.1, 0.15) is 58.2 Å². The number of aromatic nitrogens is 2. The Morgan fingerprint density at radius 1 is 0.886 bits per heavy atom. The van der Waals surface area contributed by atoms with Crippen LogP contribution in [-0.2, 0) is 17.8 Å². The van der Waals surface area contributed by atoms with Gasteiger partial charge in [-0.2, -0.15) is 0 Å². The van der Waals surface area contributed by atoms with E-state index >= 15 is 0 Å². The minimum absolute atomic E-state index is 0.142. The molecule has 0 bridgehead atoms. The van der Waals surface area contributed by atoms with Crippen LogP contribution < -0.4 is 19.9 Å². The van der Waals surface area contributed by atoms with E-state index in [-0.39, 0.29) is 16.9 Å². The number of alkyl halides is 2. The molecule has 0 aliphatic rings. The van der Waals surface area contributed by atoms with Gasteiger partial charge >= 0.3 is 5.97 Å². The Bertz CT molecular complexity index is 1530. The first-order valence-electron chi connectivity index (χ1n) is 14.2. The molecule has 1 unspecified atom stereocenters. The summed E-state index contributed by atoms with van der Waals surface area (Å²) < 4.78 is 43.9. The Hall–Kier alpha value is -4.73. The molecule has 10 heteroatoms. The molecule has 1 heterocycles. The Balaban J connectivity index is 0.00000259. The first kappa shape index (κ1) is 33.8. The molecule has 3 aromatic carbocycles. The largest absolute Gasteiger partial charge is 0.497 e. The van der Waals surface area contributed by atoms with Gasteiger partial charge in [-0.3, -0.25) is 9.36 Å². The third kappa shape index (κ3) is 7.61. The molecule has 234 valence electrons. The van der Waals surface area contributed by atoms with Crippen molar-refractivity contribution in [3.05, 3.63) is 111 Å². The van der Waals surface area contributed by atoms with E-state index in [0.717, 1.165) is 11.1 Å². The van der Waals surface area contributed by atoms with Gasteiger partial charge in [-0.15, -0.1) is 0 Å². The number of methoxy groups -OCH3 is 3. The summed E-state index contributed by atoms with van der Waals surface area (Å²) in [6, 6.07) is 17.9.